The van der Waals surface area contributed by atoms with Crippen LogP contribution in [0.2, 0.25) is 0 Å². The number of pyridine rings is 1. The van der Waals surface area contributed by atoms with Gasteiger partial charge in [-0.1, -0.05) is 142 Å². The van der Waals surface area contributed by atoms with E-state index in [-0.39, 0.29) is 16.2 Å². The van der Waals surface area contributed by atoms with Crippen molar-refractivity contribution in [3.8, 4) is 28.4 Å². The lowest BCUT2D eigenvalue weighted by Gasteiger charge is -2.28. The average Bonchev–Trinajstić information content (AvgIpc) is 3.84. The van der Waals surface area contributed by atoms with Gasteiger partial charge in [0.05, 0.1) is 22.4 Å². The van der Waals surface area contributed by atoms with Gasteiger partial charge in [-0.05, 0) is 135 Å². The van der Waals surface area contributed by atoms with Gasteiger partial charge in [-0.3, -0.25) is 4.57 Å². The Morgan fingerprint density at radius 2 is 1.18 bits per heavy atom. The second-order valence-electron chi connectivity index (χ2n) is 21.7. The quantitative estimate of drug-likeness (QED) is 0.160. The van der Waals surface area contributed by atoms with Crippen molar-refractivity contribution >= 4 is 44.6 Å². The maximum absolute atomic E-state index is 6.97. The van der Waals surface area contributed by atoms with Gasteiger partial charge in [0.25, 0.3) is 0 Å². The molecule has 330 valence electrons. The lowest BCUT2D eigenvalue weighted by molar-refractivity contribution is 0.443. The summed E-state index contributed by atoms with van der Waals surface area (Å²) in [5.41, 5.74) is 14.9. The second-order valence-corrected chi connectivity index (χ2v) is 21.7. The lowest BCUT2D eigenvalue weighted by Crippen LogP contribution is -2.24. The molecule has 10 rings (SSSR count). The Hall–Kier alpha value is -6.33. The number of aromatic nitrogens is 2. The molecule has 5 heteroatoms. The molecule has 0 atom stereocenters. The SMILES string of the molecule is CC(C)(C)c1cc(Oc2ccc3c4ccccc4n(-c4cc(C(C)(C)C)ccn4)c3c2)cc(N2CN(c3cccc(-c4ccc(C(C)(C)C)cc4C4CCCCC4)c3)c3ccccc32)c1. The van der Waals surface area contributed by atoms with Crippen LogP contribution in [0.3, 0.4) is 0 Å². The van der Waals surface area contributed by atoms with Crippen molar-refractivity contribution in [2.24, 2.45) is 0 Å². The number of benzene rings is 6. The zero-order valence-electron chi connectivity index (χ0n) is 39.9. The van der Waals surface area contributed by atoms with Crippen LogP contribution in [-0.2, 0) is 16.2 Å². The highest BCUT2D eigenvalue weighted by molar-refractivity contribution is 6.09. The molecule has 1 aliphatic heterocycles. The maximum Gasteiger partial charge on any atom is 0.137 e. The van der Waals surface area contributed by atoms with E-state index in [1.165, 1.54) is 93.3 Å². The van der Waals surface area contributed by atoms with Crippen molar-refractivity contribution in [3.05, 3.63) is 168 Å². The molecule has 0 radical (unpaired) electrons. The Morgan fingerprint density at radius 3 is 1.92 bits per heavy atom. The number of ether oxygens (including phenoxy) is 1. The molecule has 2 aromatic heterocycles. The summed E-state index contributed by atoms with van der Waals surface area (Å²) in [6, 6.07) is 51.6. The number of para-hydroxylation sites is 3. The first-order valence-corrected chi connectivity index (χ1v) is 23.8. The molecule has 5 nitrogen and oxygen atoms in total. The van der Waals surface area contributed by atoms with E-state index in [2.05, 4.69) is 216 Å². The Bertz CT molecular complexity index is 3060. The van der Waals surface area contributed by atoms with E-state index in [0.717, 1.165) is 34.0 Å². The Kier molecular flexibility index (Phi) is 10.7. The van der Waals surface area contributed by atoms with Crippen LogP contribution in [0, 0.1) is 0 Å². The molecule has 2 aliphatic rings. The molecule has 0 bridgehead atoms. The Balaban J connectivity index is 1.02. The molecule has 3 heterocycles. The fourth-order valence-electron chi connectivity index (χ4n) is 10.2. The molecule has 1 fully saturated rings. The van der Waals surface area contributed by atoms with Gasteiger partial charge in [-0.15, -0.1) is 0 Å². The van der Waals surface area contributed by atoms with Crippen LogP contribution >= 0.6 is 0 Å². The van der Waals surface area contributed by atoms with Crippen LogP contribution in [0.25, 0.3) is 38.8 Å². The molecule has 1 aliphatic carbocycles. The molecular weight excluding hydrogens is 793 g/mol. The van der Waals surface area contributed by atoms with Gasteiger partial charge in [0.1, 0.15) is 24.0 Å². The van der Waals surface area contributed by atoms with Gasteiger partial charge in [0, 0.05) is 40.5 Å². The summed E-state index contributed by atoms with van der Waals surface area (Å²) >= 11 is 0. The first-order valence-electron chi connectivity index (χ1n) is 23.8. The highest BCUT2D eigenvalue weighted by Crippen LogP contribution is 2.48. The van der Waals surface area contributed by atoms with Gasteiger partial charge >= 0.3 is 0 Å². The van der Waals surface area contributed by atoms with E-state index in [9.17, 15) is 0 Å². The molecule has 0 saturated heterocycles. The van der Waals surface area contributed by atoms with Crippen LogP contribution in [0.4, 0.5) is 22.7 Å². The highest BCUT2D eigenvalue weighted by Gasteiger charge is 2.30. The predicted molar refractivity (Wildman–Crippen MR) is 274 cm³/mol. The minimum atomic E-state index is -0.111. The third-order valence-electron chi connectivity index (χ3n) is 14.0. The van der Waals surface area contributed by atoms with Crippen LogP contribution in [0.5, 0.6) is 11.5 Å². The first kappa shape index (κ1) is 42.6. The summed E-state index contributed by atoms with van der Waals surface area (Å²) in [5, 5.41) is 2.37. The normalized spacial score (nSPS) is 15.0. The van der Waals surface area contributed by atoms with Crippen molar-refractivity contribution in [1.82, 2.24) is 9.55 Å². The third-order valence-corrected chi connectivity index (χ3v) is 14.0. The van der Waals surface area contributed by atoms with E-state index in [4.69, 9.17) is 9.72 Å². The molecule has 0 amide bonds. The van der Waals surface area contributed by atoms with Crippen molar-refractivity contribution in [3.63, 3.8) is 0 Å². The van der Waals surface area contributed by atoms with Gasteiger partial charge in [-0.2, -0.15) is 0 Å². The molecule has 1 saturated carbocycles. The molecule has 6 aromatic carbocycles. The highest BCUT2D eigenvalue weighted by atomic mass is 16.5. The number of hydrogen-bond acceptors (Lipinski definition) is 4. The molecular formula is C60H64N4O. The van der Waals surface area contributed by atoms with Crippen LogP contribution in [0.15, 0.2) is 146 Å². The third kappa shape index (κ3) is 8.20. The molecule has 8 aromatic rings. The van der Waals surface area contributed by atoms with Gasteiger partial charge < -0.3 is 14.5 Å². The van der Waals surface area contributed by atoms with Crippen LogP contribution in [-0.4, -0.2) is 16.2 Å². The van der Waals surface area contributed by atoms with E-state index in [0.29, 0.717) is 12.6 Å². The van der Waals surface area contributed by atoms with Gasteiger partial charge in [0.15, 0.2) is 0 Å². The standard InChI is InChI=1S/C60H64N4O/c1-58(2,3)42-26-28-49(52(35-42)40-18-11-10-12-19-40)41-20-17-21-45(32-41)62-39-63(55-25-16-15-24-54(55)62)46-33-44(60(7,8)9)34-48(37-46)65-47-27-29-51-50-22-13-14-23-53(50)64(56(51)38-47)57-36-43(30-31-61-57)59(4,5)6/h13-17,20-38,40H,10-12,18-19,39H2,1-9H3. The summed E-state index contributed by atoms with van der Waals surface area (Å²) in [6.07, 6.45) is 8.47. The van der Waals surface area contributed by atoms with Gasteiger partial charge in [0.2, 0.25) is 0 Å². The monoisotopic (exact) mass is 857 g/mol. The zero-order valence-corrected chi connectivity index (χ0v) is 39.9. The van der Waals surface area contributed by atoms with E-state index in [1.54, 1.807) is 0 Å². The number of nitrogens with zero attached hydrogens (tertiary/aromatic N) is 4. The minimum absolute atomic E-state index is 0.00540. The Morgan fingerprint density at radius 1 is 0.508 bits per heavy atom. The Labute approximate surface area is 386 Å². The van der Waals surface area contributed by atoms with Crippen molar-refractivity contribution in [2.45, 2.75) is 117 Å². The summed E-state index contributed by atoms with van der Waals surface area (Å²) in [5.74, 6) is 3.11. The first-order chi connectivity index (χ1) is 31.1. The van der Waals surface area contributed by atoms with Crippen LogP contribution < -0.4 is 14.5 Å². The number of anilines is 4. The lowest BCUT2D eigenvalue weighted by atomic mass is 9.77. The average molecular weight is 857 g/mol. The zero-order chi connectivity index (χ0) is 45.3. The second kappa shape index (κ2) is 16.3. The van der Waals surface area contributed by atoms with E-state index in [1.807, 2.05) is 6.20 Å². The van der Waals surface area contributed by atoms with E-state index >= 15 is 0 Å². The molecule has 0 spiro atoms. The fourth-order valence-corrected chi connectivity index (χ4v) is 10.2. The van der Waals surface area contributed by atoms with Gasteiger partial charge in [-0.25, -0.2) is 4.98 Å². The van der Waals surface area contributed by atoms with Crippen LogP contribution in [0.1, 0.15) is 123 Å². The predicted octanol–water partition coefficient (Wildman–Crippen LogP) is 16.8. The number of hydrogen-bond donors (Lipinski definition) is 0. The van der Waals surface area contributed by atoms with Crippen molar-refractivity contribution in [1.29, 1.82) is 0 Å². The molecule has 65 heavy (non-hydrogen) atoms. The molecule has 0 unspecified atom stereocenters. The van der Waals surface area contributed by atoms with Crippen molar-refractivity contribution < 1.29 is 4.74 Å². The maximum atomic E-state index is 6.97. The summed E-state index contributed by atoms with van der Waals surface area (Å²) in [6.45, 7) is 21.3. The molecule has 0 N–H and O–H groups in total. The number of rotatable bonds is 7. The smallest absolute Gasteiger partial charge is 0.137 e. The summed E-state index contributed by atoms with van der Waals surface area (Å²) in [7, 11) is 0. The van der Waals surface area contributed by atoms with Crippen molar-refractivity contribution in [2.75, 3.05) is 16.5 Å². The largest absolute Gasteiger partial charge is 0.457 e. The minimum Gasteiger partial charge on any atom is -0.457 e. The fraction of sp³-hybridized carbons (Fsp3) is 0.317. The summed E-state index contributed by atoms with van der Waals surface area (Å²) < 4.78 is 9.25. The number of fused-ring (bicyclic) bond motifs is 4. The summed E-state index contributed by atoms with van der Waals surface area (Å²) in [4.78, 5) is 9.84. The van der Waals surface area contributed by atoms with E-state index < -0.39 is 0 Å². The topological polar surface area (TPSA) is 33.5 Å².